The summed E-state index contributed by atoms with van der Waals surface area (Å²) >= 11 is 0. The maximum absolute atomic E-state index is 3.51. The van der Waals surface area contributed by atoms with Crippen molar-refractivity contribution in [2.45, 2.75) is 25.2 Å². The van der Waals surface area contributed by atoms with Gasteiger partial charge in [0, 0.05) is 17.1 Å². The fourth-order valence-electron chi connectivity index (χ4n) is 2.37. The van der Waals surface area contributed by atoms with Gasteiger partial charge in [0.15, 0.2) is 0 Å². The van der Waals surface area contributed by atoms with Crippen molar-refractivity contribution < 1.29 is 0 Å². The van der Waals surface area contributed by atoms with Crippen LogP contribution in [0.2, 0.25) is 0 Å². The third-order valence-corrected chi connectivity index (χ3v) is 3.20. The molecule has 1 heteroatoms. The van der Waals surface area contributed by atoms with Crippen LogP contribution < -0.4 is 0 Å². The van der Waals surface area contributed by atoms with E-state index in [1.54, 1.807) is 0 Å². The van der Waals surface area contributed by atoms with Crippen LogP contribution in [0.1, 0.15) is 30.9 Å². The number of aromatic amines is 1. The van der Waals surface area contributed by atoms with Gasteiger partial charge < -0.3 is 4.98 Å². The minimum absolute atomic E-state index is 0.603. The van der Waals surface area contributed by atoms with Crippen LogP contribution in [-0.4, -0.2) is 4.98 Å². The van der Waals surface area contributed by atoms with Crippen LogP contribution in [0.15, 0.2) is 42.5 Å². The molecule has 1 heterocycles. The van der Waals surface area contributed by atoms with Gasteiger partial charge in [-0.25, -0.2) is 0 Å². The van der Waals surface area contributed by atoms with E-state index in [2.05, 4.69) is 47.5 Å². The van der Waals surface area contributed by atoms with E-state index in [0.717, 1.165) is 0 Å². The van der Waals surface area contributed by atoms with Gasteiger partial charge in [-0.15, -0.1) is 0 Å². The lowest BCUT2D eigenvalue weighted by Crippen LogP contribution is -1.98. The number of fused-ring (bicyclic) bond motifs is 1. The first kappa shape index (κ1) is 8.78. The Balaban J connectivity index is 2.03. The first-order valence-electron chi connectivity index (χ1n) is 5.68. The number of aromatic nitrogens is 1. The fourth-order valence-corrected chi connectivity index (χ4v) is 2.37. The third-order valence-electron chi connectivity index (χ3n) is 3.20. The molecule has 0 radical (unpaired) electrons. The maximum atomic E-state index is 3.51. The molecule has 1 N–H and O–H groups in total. The number of hydrogen-bond donors (Lipinski definition) is 1. The van der Waals surface area contributed by atoms with E-state index in [1.165, 1.54) is 35.9 Å². The predicted octanol–water partition coefficient (Wildman–Crippen LogP) is 3.99. The molecule has 1 aromatic carbocycles. The highest BCUT2D eigenvalue weighted by molar-refractivity contribution is 5.80. The molecule has 76 valence electrons. The molecule has 1 aliphatic carbocycles. The van der Waals surface area contributed by atoms with Crippen molar-refractivity contribution in [2.75, 3.05) is 0 Å². The summed E-state index contributed by atoms with van der Waals surface area (Å²) in [5.41, 5.74) is 2.62. The molecule has 0 fully saturated rings. The molecule has 1 unspecified atom stereocenters. The Hall–Kier alpha value is -1.50. The van der Waals surface area contributed by atoms with Crippen LogP contribution in [-0.2, 0) is 0 Å². The van der Waals surface area contributed by atoms with Crippen LogP contribution in [0.4, 0.5) is 0 Å². The predicted molar refractivity (Wildman–Crippen MR) is 64.0 cm³/mol. The molecule has 0 amide bonds. The molecular weight excluding hydrogens is 182 g/mol. The lowest BCUT2D eigenvalue weighted by molar-refractivity contribution is 0.645. The molecule has 0 saturated carbocycles. The minimum Gasteiger partial charge on any atom is -0.358 e. The summed E-state index contributed by atoms with van der Waals surface area (Å²) < 4.78 is 0. The average Bonchev–Trinajstić information content (AvgIpc) is 2.74. The standard InChI is InChI=1S/C14H15N/c1-2-6-11(7-3-1)14-10-12-8-4-5-9-13(12)15-14/h2,4-6,8-11,15H,1,3,7H2. The zero-order chi connectivity index (χ0) is 10.1. The Kier molecular flexibility index (Phi) is 2.09. The zero-order valence-electron chi connectivity index (χ0n) is 8.74. The first-order valence-corrected chi connectivity index (χ1v) is 5.68. The molecule has 1 atom stereocenters. The second-order valence-corrected chi connectivity index (χ2v) is 4.28. The van der Waals surface area contributed by atoms with Gasteiger partial charge in [-0.2, -0.15) is 0 Å². The van der Waals surface area contributed by atoms with E-state index in [0.29, 0.717) is 5.92 Å². The van der Waals surface area contributed by atoms with Crippen LogP contribution in [0.25, 0.3) is 10.9 Å². The number of H-pyrrole nitrogens is 1. The number of allylic oxidation sites excluding steroid dienone is 2. The summed E-state index contributed by atoms with van der Waals surface area (Å²) in [6, 6.07) is 10.8. The highest BCUT2D eigenvalue weighted by atomic mass is 14.7. The summed E-state index contributed by atoms with van der Waals surface area (Å²) in [4.78, 5) is 3.51. The van der Waals surface area contributed by atoms with Gasteiger partial charge in [0.1, 0.15) is 0 Å². The highest BCUT2D eigenvalue weighted by Gasteiger charge is 2.12. The first-order chi connectivity index (χ1) is 7.43. The number of nitrogens with one attached hydrogen (secondary N) is 1. The van der Waals surface area contributed by atoms with Crippen molar-refractivity contribution in [3.05, 3.63) is 48.2 Å². The largest absolute Gasteiger partial charge is 0.358 e. The molecule has 2 aromatic rings. The summed E-state index contributed by atoms with van der Waals surface area (Å²) in [5.74, 6) is 0.603. The lowest BCUT2D eigenvalue weighted by atomic mass is 9.93. The molecule has 0 spiro atoms. The SMILES string of the molecule is C1=CC(c2cc3ccccc3[nH]2)CCC1. The van der Waals surface area contributed by atoms with Crippen LogP contribution in [0.5, 0.6) is 0 Å². The smallest absolute Gasteiger partial charge is 0.0456 e. The van der Waals surface area contributed by atoms with E-state index in [-0.39, 0.29) is 0 Å². The zero-order valence-corrected chi connectivity index (χ0v) is 8.74. The van der Waals surface area contributed by atoms with Crippen LogP contribution in [0, 0.1) is 0 Å². The monoisotopic (exact) mass is 197 g/mol. The molecule has 1 aromatic heterocycles. The summed E-state index contributed by atoms with van der Waals surface area (Å²) in [6.07, 6.45) is 8.49. The van der Waals surface area contributed by atoms with Crippen molar-refractivity contribution in [1.82, 2.24) is 4.98 Å². The van der Waals surface area contributed by atoms with Crippen molar-refractivity contribution in [2.24, 2.45) is 0 Å². The Morgan fingerprint density at radius 1 is 1.20 bits per heavy atom. The Bertz CT molecular complexity index is 460. The molecule has 1 nitrogen and oxygen atoms in total. The fraction of sp³-hybridized carbons (Fsp3) is 0.286. The maximum Gasteiger partial charge on any atom is 0.0456 e. The number of para-hydroxylation sites is 1. The molecule has 0 saturated heterocycles. The van der Waals surface area contributed by atoms with E-state index in [4.69, 9.17) is 0 Å². The van der Waals surface area contributed by atoms with E-state index >= 15 is 0 Å². The summed E-state index contributed by atoms with van der Waals surface area (Å²) in [5, 5.41) is 1.33. The summed E-state index contributed by atoms with van der Waals surface area (Å²) in [7, 11) is 0. The van der Waals surface area contributed by atoms with Gasteiger partial charge in [-0.1, -0.05) is 30.4 Å². The molecule has 1 aliphatic rings. The van der Waals surface area contributed by atoms with Gasteiger partial charge in [0.05, 0.1) is 0 Å². The van der Waals surface area contributed by atoms with Crippen molar-refractivity contribution in [3.63, 3.8) is 0 Å². The van der Waals surface area contributed by atoms with Gasteiger partial charge >= 0.3 is 0 Å². The molecular formula is C14H15N. The third kappa shape index (κ3) is 1.58. The topological polar surface area (TPSA) is 15.8 Å². The van der Waals surface area contributed by atoms with Gasteiger partial charge in [0.25, 0.3) is 0 Å². The Morgan fingerprint density at radius 2 is 2.13 bits per heavy atom. The molecule has 3 rings (SSSR count). The van der Waals surface area contributed by atoms with Crippen LogP contribution >= 0.6 is 0 Å². The Morgan fingerprint density at radius 3 is 2.93 bits per heavy atom. The Labute approximate surface area is 89.8 Å². The second-order valence-electron chi connectivity index (χ2n) is 4.28. The quantitative estimate of drug-likeness (QED) is 0.665. The van der Waals surface area contributed by atoms with Gasteiger partial charge in [-0.05, 0) is 36.8 Å². The molecule has 0 aliphatic heterocycles. The minimum atomic E-state index is 0.603. The number of rotatable bonds is 1. The van der Waals surface area contributed by atoms with Crippen molar-refractivity contribution in [1.29, 1.82) is 0 Å². The normalized spacial score (nSPS) is 20.9. The molecule has 0 bridgehead atoms. The van der Waals surface area contributed by atoms with E-state index < -0.39 is 0 Å². The second kappa shape index (κ2) is 3.58. The lowest BCUT2D eigenvalue weighted by Gasteiger charge is -2.14. The van der Waals surface area contributed by atoms with Gasteiger partial charge in [0.2, 0.25) is 0 Å². The number of hydrogen-bond acceptors (Lipinski definition) is 0. The van der Waals surface area contributed by atoms with Crippen molar-refractivity contribution in [3.8, 4) is 0 Å². The van der Waals surface area contributed by atoms with E-state index in [1.807, 2.05) is 0 Å². The molecule has 15 heavy (non-hydrogen) atoms. The van der Waals surface area contributed by atoms with Crippen LogP contribution in [0.3, 0.4) is 0 Å². The summed E-state index contributed by atoms with van der Waals surface area (Å²) in [6.45, 7) is 0. The van der Waals surface area contributed by atoms with Crippen molar-refractivity contribution >= 4 is 10.9 Å². The average molecular weight is 197 g/mol. The van der Waals surface area contributed by atoms with Gasteiger partial charge in [-0.3, -0.25) is 0 Å². The van der Waals surface area contributed by atoms with E-state index in [9.17, 15) is 0 Å². The number of benzene rings is 1. The highest BCUT2D eigenvalue weighted by Crippen LogP contribution is 2.29.